The molecule has 0 bridgehead atoms. The van der Waals surface area contributed by atoms with Gasteiger partial charge in [0, 0.05) is 19.2 Å². The topological polar surface area (TPSA) is 75.6 Å². The fraction of sp³-hybridized carbons (Fsp3) is 1.00. The maximum Gasteiger partial charge on any atom is 0.151 e. The van der Waals surface area contributed by atoms with Crippen LogP contribution in [0.4, 0.5) is 0 Å². The fourth-order valence-corrected chi connectivity index (χ4v) is 3.28. The summed E-state index contributed by atoms with van der Waals surface area (Å²) in [6.45, 7) is 3.13. The predicted molar refractivity (Wildman–Crippen MR) is 57.6 cm³/mol. The minimum absolute atomic E-state index is 0.00808. The molecule has 0 spiro atoms. The van der Waals surface area contributed by atoms with Crippen molar-refractivity contribution in [3.63, 3.8) is 0 Å². The van der Waals surface area contributed by atoms with Crippen LogP contribution in [0, 0.1) is 0 Å². The molecule has 1 aliphatic heterocycles. The van der Waals surface area contributed by atoms with Gasteiger partial charge in [-0.15, -0.1) is 0 Å². The minimum atomic E-state index is -2.84. The van der Waals surface area contributed by atoms with Crippen LogP contribution in [0.3, 0.4) is 0 Å². The van der Waals surface area contributed by atoms with Crippen LogP contribution in [0.1, 0.15) is 13.3 Å². The highest BCUT2D eigenvalue weighted by Gasteiger charge is 2.27. The lowest BCUT2D eigenvalue weighted by Gasteiger charge is -2.15. The zero-order valence-corrected chi connectivity index (χ0v) is 9.79. The number of hydrogen-bond acceptors (Lipinski definition) is 5. The quantitative estimate of drug-likeness (QED) is 0.630. The van der Waals surface area contributed by atoms with Crippen molar-refractivity contribution in [2.75, 3.05) is 31.3 Å². The number of aliphatic hydroxyl groups is 1. The maximum absolute atomic E-state index is 11.1. The number of ether oxygens (including phenoxy) is 1. The van der Waals surface area contributed by atoms with E-state index < -0.39 is 15.9 Å². The second-order valence-electron chi connectivity index (χ2n) is 3.82. The number of aliphatic hydroxyl groups excluding tert-OH is 1. The molecule has 0 amide bonds. The average molecular weight is 237 g/mol. The van der Waals surface area contributed by atoms with Gasteiger partial charge in [0.2, 0.25) is 0 Å². The lowest BCUT2D eigenvalue weighted by Crippen LogP contribution is -2.38. The molecule has 6 heteroatoms. The van der Waals surface area contributed by atoms with Crippen molar-refractivity contribution in [3.05, 3.63) is 0 Å². The SMILES string of the molecule is CCOCC(O)CNC1CCS(=O)(=O)C1. The molecule has 0 aromatic carbocycles. The van der Waals surface area contributed by atoms with Crippen molar-refractivity contribution < 1.29 is 18.3 Å². The lowest BCUT2D eigenvalue weighted by atomic mass is 10.2. The summed E-state index contributed by atoms with van der Waals surface area (Å²) in [6.07, 6.45) is 0.0807. The summed E-state index contributed by atoms with van der Waals surface area (Å²) in [7, 11) is -2.84. The highest BCUT2D eigenvalue weighted by molar-refractivity contribution is 7.91. The second kappa shape index (κ2) is 5.79. The molecule has 15 heavy (non-hydrogen) atoms. The van der Waals surface area contributed by atoms with E-state index >= 15 is 0 Å². The van der Waals surface area contributed by atoms with Gasteiger partial charge in [-0.2, -0.15) is 0 Å². The molecule has 1 heterocycles. The van der Waals surface area contributed by atoms with E-state index in [9.17, 15) is 13.5 Å². The van der Waals surface area contributed by atoms with Gasteiger partial charge in [-0.25, -0.2) is 8.42 Å². The van der Waals surface area contributed by atoms with Crippen molar-refractivity contribution in [3.8, 4) is 0 Å². The van der Waals surface area contributed by atoms with Gasteiger partial charge in [0.15, 0.2) is 9.84 Å². The van der Waals surface area contributed by atoms with Crippen LogP contribution < -0.4 is 5.32 Å². The van der Waals surface area contributed by atoms with Crippen molar-refractivity contribution in [1.29, 1.82) is 0 Å². The average Bonchev–Trinajstić information content (AvgIpc) is 2.52. The Balaban J connectivity index is 2.15. The number of nitrogens with one attached hydrogen (secondary N) is 1. The fourth-order valence-electron chi connectivity index (χ4n) is 1.57. The Labute approximate surface area is 90.7 Å². The van der Waals surface area contributed by atoms with Crippen LogP contribution in [0.2, 0.25) is 0 Å². The summed E-state index contributed by atoms with van der Waals surface area (Å²) in [5, 5.41) is 12.5. The van der Waals surface area contributed by atoms with E-state index in [2.05, 4.69) is 5.32 Å². The van der Waals surface area contributed by atoms with Crippen molar-refractivity contribution >= 4 is 9.84 Å². The molecule has 0 aromatic heterocycles. The molecule has 2 N–H and O–H groups in total. The predicted octanol–water partition coefficient (Wildman–Crippen LogP) is -0.839. The van der Waals surface area contributed by atoms with Gasteiger partial charge in [0.1, 0.15) is 0 Å². The molecule has 0 saturated carbocycles. The monoisotopic (exact) mass is 237 g/mol. The molecular weight excluding hydrogens is 218 g/mol. The van der Waals surface area contributed by atoms with Crippen LogP contribution in [-0.2, 0) is 14.6 Å². The van der Waals surface area contributed by atoms with E-state index in [1.54, 1.807) is 0 Å². The van der Waals surface area contributed by atoms with E-state index in [4.69, 9.17) is 4.74 Å². The van der Waals surface area contributed by atoms with E-state index in [1.165, 1.54) is 0 Å². The highest BCUT2D eigenvalue weighted by atomic mass is 32.2. The molecule has 1 aliphatic rings. The lowest BCUT2D eigenvalue weighted by molar-refractivity contribution is 0.0418. The Morgan fingerprint density at radius 2 is 2.33 bits per heavy atom. The van der Waals surface area contributed by atoms with Gasteiger partial charge < -0.3 is 15.2 Å². The maximum atomic E-state index is 11.1. The molecule has 2 unspecified atom stereocenters. The number of rotatable bonds is 6. The van der Waals surface area contributed by atoms with E-state index in [-0.39, 0.29) is 17.5 Å². The summed E-state index contributed by atoms with van der Waals surface area (Å²) in [5.41, 5.74) is 0. The molecule has 2 atom stereocenters. The van der Waals surface area contributed by atoms with Gasteiger partial charge in [-0.05, 0) is 13.3 Å². The smallest absolute Gasteiger partial charge is 0.151 e. The van der Waals surface area contributed by atoms with Gasteiger partial charge in [-0.1, -0.05) is 0 Å². The zero-order valence-electron chi connectivity index (χ0n) is 8.98. The first-order valence-electron chi connectivity index (χ1n) is 5.23. The normalized spacial score (nSPS) is 26.7. The Hall–Kier alpha value is -0.170. The third-order valence-electron chi connectivity index (χ3n) is 2.39. The van der Waals surface area contributed by atoms with Gasteiger partial charge in [0.25, 0.3) is 0 Å². The van der Waals surface area contributed by atoms with Crippen molar-refractivity contribution in [1.82, 2.24) is 5.32 Å². The molecule has 0 radical (unpaired) electrons. The summed E-state index contributed by atoms with van der Waals surface area (Å²) >= 11 is 0. The molecule has 0 aliphatic carbocycles. The third kappa shape index (κ3) is 4.92. The largest absolute Gasteiger partial charge is 0.389 e. The van der Waals surface area contributed by atoms with Gasteiger partial charge >= 0.3 is 0 Å². The first kappa shape index (κ1) is 12.9. The number of sulfone groups is 1. The molecule has 1 rings (SSSR count). The standard InChI is InChI=1S/C9H19NO4S/c1-2-14-6-9(11)5-10-8-3-4-15(12,13)7-8/h8-11H,2-7H2,1H3. The Morgan fingerprint density at radius 3 is 2.87 bits per heavy atom. The van der Waals surface area contributed by atoms with Crippen LogP contribution in [-0.4, -0.2) is 56.9 Å². The third-order valence-corrected chi connectivity index (χ3v) is 4.16. The molecule has 0 aromatic rings. The summed E-state index contributed by atoms with van der Waals surface area (Å²) in [4.78, 5) is 0. The molecular formula is C9H19NO4S. The minimum Gasteiger partial charge on any atom is -0.389 e. The number of hydrogen-bond donors (Lipinski definition) is 2. The van der Waals surface area contributed by atoms with E-state index in [1.807, 2.05) is 6.92 Å². The Morgan fingerprint density at radius 1 is 1.60 bits per heavy atom. The first-order chi connectivity index (χ1) is 7.03. The molecule has 1 saturated heterocycles. The summed E-state index contributed by atoms with van der Waals surface area (Å²) in [6, 6.07) is -0.00808. The highest BCUT2D eigenvalue weighted by Crippen LogP contribution is 2.10. The summed E-state index contributed by atoms with van der Waals surface area (Å²) < 4.78 is 27.3. The van der Waals surface area contributed by atoms with Gasteiger partial charge in [0.05, 0.1) is 24.2 Å². The van der Waals surface area contributed by atoms with Gasteiger partial charge in [-0.3, -0.25) is 0 Å². The Bertz CT molecular complexity index is 278. The van der Waals surface area contributed by atoms with Crippen molar-refractivity contribution in [2.45, 2.75) is 25.5 Å². The molecule has 1 fully saturated rings. The van der Waals surface area contributed by atoms with Crippen LogP contribution in [0.25, 0.3) is 0 Å². The Kier molecular flexibility index (Phi) is 4.98. The van der Waals surface area contributed by atoms with E-state index in [0.717, 1.165) is 0 Å². The molecule has 90 valence electrons. The van der Waals surface area contributed by atoms with E-state index in [0.29, 0.717) is 26.2 Å². The molecule has 5 nitrogen and oxygen atoms in total. The summed E-state index contributed by atoms with van der Waals surface area (Å²) in [5.74, 6) is 0.445. The zero-order chi connectivity index (χ0) is 11.3. The second-order valence-corrected chi connectivity index (χ2v) is 6.05. The van der Waals surface area contributed by atoms with Crippen LogP contribution >= 0.6 is 0 Å². The van der Waals surface area contributed by atoms with Crippen LogP contribution in [0.5, 0.6) is 0 Å². The first-order valence-corrected chi connectivity index (χ1v) is 7.05. The van der Waals surface area contributed by atoms with Crippen LogP contribution in [0.15, 0.2) is 0 Å². The van der Waals surface area contributed by atoms with Crippen molar-refractivity contribution in [2.24, 2.45) is 0 Å².